The predicted molar refractivity (Wildman–Crippen MR) is 95.1 cm³/mol. The van der Waals surface area contributed by atoms with Gasteiger partial charge in [-0.1, -0.05) is 0 Å². The highest BCUT2D eigenvalue weighted by Gasteiger charge is 2.25. The summed E-state index contributed by atoms with van der Waals surface area (Å²) in [6.45, 7) is 1.09. The molecule has 0 unspecified atom stereocenters. The minimum Gasteiger partial charge on any atom is -0.404 e. The van der Waals surface area contributed by atoms with Crippen molar-refractivity contribution in [2.45, 2.75) is 13.0 Å². The van der Waals surface area contributed by atoms with Crippen LogP contribution in [-0.2, 0) is 17.8 Å². The van der Waals surface area contributed by atoms with E-state index in [9.17, 15) is 4.79 Å². The highest BCUT2D eigenvalue weighted by molar-refractivity contribution is 6.18. The largest absolute Gasteiger partial charge is 0.404 e. The summed E-state index contributed by atoms with van der Waals surface area (Å²) in [6.07, 6.45) is 8.53. The van der Waals surface area contributed by atoms with Gasteiger partial charge in [0.25, 0.3) is 5.91 Å². The second kappa shape index (κ2) is 6.75. The number of aromatic nitrogens is 5. The third-order valence-electron chi connectivity index (χ3n) is 4.38. The standard InChI is InChI=1S/C18H17N7O/c19-7-13(18(26)25-6-4-16-17(9-25)24-11-23-16)15-2-1-12(8-21-15)14-3-5-20-10-22-14/h1-3,5,7-8,10-11H,4,6,9,19H2,(H,23,24)/b13-7+. The molecule has 26 heavy (non-hydrogen) atoms. The van der Waals surface area contributed by atoms with E-state index in [4.69, 9.17) is 5.73 Å². The zero-order chi connectivity index (χ0) is 17.9. The van der Waals surface area contributed by atoms with Crippen LogP contribution < -0.4 is 5.73 Å². The van der Waals surface area contributed by atoms with Crippen molar-refractivity contribution in [1.29, 1.82) is 0 Å². The lowest BCUT2D eigenvalue weighted by Gasteiger charge is -2.27. The van der Waals surface area contributed by atoms with Crippen LogP contribution in [0.1, 0.15) is 17.1 Å². The molecule has 4 heterocycles. The van der Waals surface area contributed by atoms with Crippen molar-refractivity contribution in [2.75, 3.05) is 6.54 Å². The number of amides is 1. The van der Waals surface area contributed by atoms with Gasteiger partial charge in [0.1, 0.15) is 6.33 Å². The smallest absolute Gasteiger partial charge is 0.257 e. The minimum absolute atomic E-state index is 0.143. The fourth-order valence-electron chi connectivity index (χ4n) is 2.99. The molecule has 0 radical (unpaired) electrons. The van der Waals surface area contributed by atoms with Crippen molar-refractivity contribution in [3.05, 3.63) is 66.5 Å². The first-order valence-electron chi connectivity index (χ1n) is 8.21. The van der Waals surface area contributed by atoms with Crippen LogP contribution in [0.5, 0.6) is 0 Å². The monoisotopic (exact) mass is 347 g/mol. The molecule has 4 rings (SSSR count). The van der Waals surface area contributed by atoms with Crippen LogP contribution in [0.25, 0.3) is 16.8 Å². The van der Waals surface area contributed by atoms with Crippen molar-refractivity contribution in [1.82, 2.24) is 29.8 Å². The number of rotatable bonds is 3. The number of pyridine rings is 1. The summed E-state index contributed by atoms with van der Waals surface area (Å²) in [5.41, 5.74) is 10.3. The molecule has 1 aliphatic heterocycles. The molecule has 1 aliphatic rings. The summed E-state index contributed by atoms with van der Waals surface area (Å²) in [5, 5.41) is 0. The molecule has 0 saturated carbocycles. The van der Waals surface area contributed by atoms with Crippen molar-refractivity contribution in [3.8, 4) is 11.3 Å². The molecule has 0 aliphatic carbocycles. The first kappa shape index (κ1) is 15.9. The molecule has 3 aromatic heterocycles. The van der Waals surface area contributed by atoms with Gasteiger partial charge in [-0.2, -0.15) is 0 Å². The Labute approximate surface area is 149 Å². The van der Waals surface area contributed by atoms with Crippen LogP contribution in [0, 0.1) is 0 Å². The van der Waals surface area contributed by atoms with Crippen molar-refractivity contribution >= 4 is 11.5 Å². The van der Waals surface area contributed by atoms with E-state index in [0.717, 1.165) is 29.1 Å². The van der Waals surface area contributed by atoms with E-state index in [0.29, 0.717) is 24.4 Å². The maximum absolute atomic E-state index is 12.9. The van der Waals surface area contributed by atoms with Crippen molar-refractivity contribution < 1.29 is 4.79 Å². The van der Waals surface area contributed by atoms with E-state index in [2.05, 4.69) is 24.9 Å². The van der Waals surface area contributed by atoms with E-state index in [-0.39, 0.29) is 5.91 Å². The fraction of sp³-hybridized carbons (Fsp3) is 0.167. The predicted octanol–water partition coefficient (Wildman–Crippen LogP) is 1.15. The van der Waals surface area contributed by atoms with Gasteiger partial charge in [0.05, 0.1) is 41.2 Å². The quantitative estimate of drug-likeness (QED) is 0.687. The number of nitrogens with one attached hydrogen (secondary N) is 1. The topological polar surface area (TPSA) is 114 Å². The molecule has 0 aromatic carbocycles. The summed E-state index contributed by atoms with van der Waals surface area (Å²) in [6, 6.07) is 5.45. The maximum Gasteiger partial charge on any atom is 0.257 e. The molecule has 8 heteroatoms. The van der Waals surface area contributed by atoms with E-state index in [1.165, 1.54) is 12.5 Å². The molecule has 130 valence electrons. The third-order valence-corrected chi connectivity index (χ3v) is 4.38. The van der Waals surface area contributed by atoms with Gasteiger partial charge in [-0.15, -0.1) is 0 Å². The van der Waals surface area contributed by atoms with Gasteiger partial charge in [0.15, 0.2) is 0 Å². The third kappa shape index (κ3) is 2.92. The molecule has 3 N–H and O–H groups in total. The Morgan fingerprint density at radius 1 is 1.23 bits per heavy atom. The Hall–Kier alpha value is -3.55. The Balaban J connectivity index is 1.55. The second-order valence-corrected chi connectivity index (χ2v) is 5.91. The van der Waals surface area contributed by atoms with Crippen LogP contribution in [0.4, 0.5) is 0 Å². The van der Waals surface area contributed by atoms with Gasteiger partial charge in [0, 0.05) is 37.1 Å². The zero-order valence-electron chi connectivity index (χ0n) is 14.0. The number of carbonyl (C=O) groups is 1. The first-order chi connectivity index (χ1) is 12.8. The molecule has 8 nitrogen and oxygen atoms in total. The number of H-pyrrole nitrogens is 1. The van der Waals surface area contributed by atoms with Gasteiger partial charge in [-0.05, 0) is 18.2 Å². The SMILES string of the molecule is N/C=C(/C(=O)N1CCc2nc[nH]c2C1)c1ccc(-c2ccncn2)cn1. The number of imidazole rings is 1. The number of aromatic amines is 1. The normalized spacial score (nSPS) is 14.2. The number of nitrogens with two attached hydrogens (primary N) is 1. The Kier molecular flexibility index (Phi) is 4.14. The van der Waals surface area contributed by atoms with Crippen molar-refractivity contribution in [3.63, 3.8) is 0 Å². The minimum atomic E-state index is -0.143. The molecule has 0 atom stereocenters. The first-order valence-corrected chi connectivity index (χ1v) is 8.21. The van der Waals surface area contributed by atoms with Gasteiger partial charge in [-0.25, -0.2) is 15.0 Å². The number of hydrogen-bond acceptors (Lipinski definition) is 6. The highest BCUT2D eigenvalue weighted by Crippen LogP contribution is 2.22. The molecule has 1 amide bonds. The van der Waals surface area contributed by atoms with Gasteiger partial charge >= 0.3 is 0 Å². The summed E-state index contributed by atoms with van der Waals surface area (Å²) in [7, 11) is 0. The summed E-state index contributed by atoms with van der Waals surface area (Å²) < 4.78 is 0. The maximum atomic E-state index is 12.9. The summed E-state index contributed by atoms with van der Waals surface area (Å²) in [5.74, 6) is -0.143. The number of fused-ring (bicyclic) bond motifs is 1. The van der Waals surface area contributed by atoms with Crippen LogP contribution in [0.15, 0.2) is 49.4 Å². The van der Waals surface area contributed by atoms with Crippen LogP contribution >= 0.6 is 0 Å². The second-order valence-electron chi connectivity index (χ2n) is 5.91. The summed E-state index contributed by atoms with van der Waals surface area (Å²) in [4.78, 5) is 34.5. The average Bonchev–Trinajstić information content (AvgIpc) is 3.17. The molecule has 0 fully saturated rings. The van der Waals surface area contributed by atoms with E-state index >= 15 is 0 Å². The number of hydrogen-bond donors (Lipinski definition) is 2. The Morgan fingerprint density at radius 2 is 2.15 bits per heavy atom. The zero-order valence-corrected chi connectivity index (χ0v) is 14.0. The molecule has 0 spiro atoms. The van der Waals surface area contributed by atoms with E-state index < -0.39 is 0 Å². The lowest BCUT2D eigenvalue weighted by atomic mass is 10.1. The lowest BCUT2D eigenvalue weighted by molar-refractivity contribution is -0.126. The molecule has 3 aromatic rings. The van der Waals surface area contributed by atoms with Gasteiger partial charge < -0.3 is 15.6 Å². The Bertz CT molecular complexity index is 947. The van der Waals surface area contributed by atoms with E-state index in [1.54, 1.807) is 35.8 Å². The van der Waals surface area contributed by atoms with Gasteiger partial charge in [-0.3, -0.25) is 9.78 Å². The van der Waals surface area contributed by atoms with Crippen LogP contribution in [0.2, 0.25) is 0 Å². The van der Waals surface area contributed by atoms with E-state index in [1.807, 2.05) is 6.07 Å². The van der Waals surface area contributed by atoms with Crippen LogP contribution in [-0.4, -0.2) is 42.3 Å². The van der Waals surface area contributed by atoms with Crippen LogP contribution in [0.3, 0.4) is 0 Å². The highest BCUT2D eigenvalue weighted by atomic mass is 16.2. The van der Waals surface area contributed by atoms with Gasteiger partial charge in [0.2, 0.25) is 0 Å². The lowest BCUT2D eigenvalue weighted by Crippen LogP contribution is -2.36. The number of nitrogens with zero attached hydrogens (tertiary/aromatic N) is 5. The Morgan fingerprint density at radius 3 is 2.88 bits per heavy atom. The van der Waals surface area contributed by atoms with Crippen molar-refractivity contribution in [2.24, 2.45) is 5.73 Å². The molecule has 0 bridgehead atoms. The molecular weight excluding hydrogens is 330 g/mol. The summed E-state index contributed by atoms with van der Waals surface area (Å²) >= 11 is 0. The molecular formula is C18H17N7O. The molecule has 0 saturated heterocycles. The average molecular weight is 347 g/mol. The fourth-order valence-corrected chi connectivity index (χ4v) is 2.99. The number of carbonyl (C=O) groups excluding carboxylic acids is 1.